The van der Waals surface area contributed by atoms with E-state index in [2.05, 4.69) is 51.2 Å². The Balaban J connectivity index is 2.27. The van der Waals surface area contributed by atoms with Crippen LogP contribution in [0.3, 0.4) is 0 Å². The van der Waals surface area contributed by atoms with Crippen molar-refractivity contribution >= 4 is 38.7 Å². The minimum atomic E-state index is 0.221. The van der Waals surface area contributed by atoms with Crippen LogP contribution < -0.4 is 0 Å². The van der Waals surface area contributed by atoms with E-state index in [0.29, 0.717) is 5.88 Å². The Kier molecular flexibility index (Phi) is 5.67. The molecule has 0 amide bonds. The molecule has 0 aliphatic heterocycles. The van der Waals surface area contributed by atoms with Crippen LogP contribution >= 0.6 is 27.5 Å². The van der Waals surface area contributed by atoms with E-state index in [1.54, 1.807) is 0 Å². The van der Waals surface area contributed by atoms with E-state index in [-0.39, 0.29) is 5.41 Å². The standard InChI is InChI=1S/C16H23BrClN3/c1-4-5-6-7-16(2,3)11-21-14(9-18)20-13-8-12(17)10-19-15(13)21/h8,10H,4-7,9,11H2,1-3H3. The number of imidazole rings is 1. The van der Waals surface area contributed by atoms with Crippen LogP contribution in [0.15, 0.2) is 16.7 Å². The maximum atomic E-state index is 6.08. The number of hydrogen-bond acceptors (Lipinski definition) is 2. The molecule has 2 rings (SSSR count). The minimum Gasteiger partial charge on any atom is -0.311 e. The summed E-state index contributed by atoms with van der Waals surface area (Å²) >= 11 is 9.52. The molecule has 0 saturated heterocycles. The summed E-state index contributed by atoms with van der Waals surface area (Å²) in [6.45, 7) is 7.77. The van der Waals surface area contributed by atoms with E-state index in [9.17, 15) is 0 Å². The van der Waals surface area contributed by atoms with Crippen LogP contribution in [-0.4, -0.2) is 14.5 Å². The molecule has 0 radical (unpaired) electrons. The van der Waals surface area contributed by atoms with Crippen molar-refractivity contribution in [2.24, 2.45) is 5.41 Å². The molecule has 0 fully saturated rings. The predicted molar refractivity (Wildman–Crippen MR) is 92.7 cm³/mol. The summed E-state index contributed by atoms with van der Waals surface area (Å²) in [6.07, 6.45) is 6.85. The molecular weight excluding hydrogens is 350 g/mol. The molecular formula is C16H23BrClN3. The highest BCUT2D eigenvalue weighted by Crippen LogP contribution is 2.29. The van der Waals surface area contributed by atoms with Crippen LogP contribution in [0.25, 0.3) is 11.2 Å². The molecule has 0 atom stereocenters. The van der Waals surface area contributed by atoms with Gasteiger partial charge in [0.15, 0.2) is 5.65 Å². The molecule has 0 N–H and O–H groups in total. The average molecular weight is 373 g/mol. The number of nitrogens with zero attached hydrogens (tertiary/aromatic N) is 3. The fraction of sp³-hybridized carbons (Fsp3) is 0.625. The van der Waals surface area contributed by atoms with E-state index >= 15 is 0 Å². The summed E-state index contributed by atoms with van der Waals surface area (Å²) in [7, 11) is 0. The van der Waals surface area contributed by atoms with Crippen LogP contribution in [0.4, 0.5) is 0 Å². The summed E-state index contributed by atoms with van der Waals surface area (Å²) in [5, 5.41) is 0. The van der Waals surface area contributed by atoms with Gasteiger partial charge >= 0.3 is 0 Å². The number of unbranched alkanes of at least 4 members (excludes halogenated alkanes) is 2. The highest BCUT2D eigenvalue weighted by atomic mass is 79.9. The third-order valence-corrected chi connectivity index (χ3v) is 4.47. The van der Waals surface area contributed by atoms with Gasteiger partial charge in [-0.05, 0) is 33.8 Å². The van der Waals surface area contributed by atoms with Gasteiger partial charge in [0.2, 0.25) is 0 Å². The van der Waals surface area contributed by atoms with Crippen molar-refractivity contribution in [2.45, 2.75) is 58.9 Å². The fourth-order valence-electron chi connectivity index (χ4n) is 2.66. The van der Waals surface area contributed by atoms with Gasteiger partial charge in [0.25, 0.3) is 0 Å². The number of aromatic nitrogens is 3. The number of halogens is 2. The van der Waals surface area contributed by atoms with Crippen molar-refractivity contribution < 1.29 is 0 Å². The molecule has 2 aromatic rings. The fourth-order valence-corrected chi connectivity index (χ4v) is 3.19. The monoisotopic (exact) mass is 371 g/mol. The summed E-state index contributed by atoms with van der Waals surface area (Å²) in [4.78, 5) is 9.14. The zero-order valence-electron chi connectivity index (χ0n) is 13.0. The van der Waals surface area contributed by atoms with Gasteiger partial charge in [-0.3, -0.25) is 0 Å². The maximum Gasteiger partial charge on any atom is 0.160 e. The van der Waals surface area contributed by atoms with Gasteiger partial charge < -0.3 is 4.57 Å². The predicted octanol–water partition coefficient (Wildman–Crippen LogP) is 5.54. The van der Waals surface area contributed by atoms with E-state index < -0.39 is 0 Å². The first-order valence-electron chi connectivity index (χ1n) is 7.53. The third-order valence-electron chi connectivity index (χ3n) is 3.79. The van der Waals surface area contributed by atoms with Crippen molar-refractivity contribution in [1.29, 1.82) is 0 Å². The SMILES string of the molecule is CCCCCC(C)(C)Cn1c(CCl)nc2cc(Br)cnc21. The van der Waals surface area contributed by atoms with Crippen molar-refractivity contribution in [3.05, 3.63) is 22.6 Å². The van der Waals surface area contributed by atoms with E-state index in [1.807, 2.05) is 12.3 Å². The first-order chi connectivity index (χ1) is 9.96. The molecule has 0 spiro atoms. The second-order valence-corrected chi connectivity index (χ2v) is 7.55. The molecule has 0 saturated carbocycles. The molecule has 0 aliphatic carbocycles. The number of rotatable bonds is 7. The lowest BCUT2D eigenvalue weighted by molar-refractivity contribution is 0.272. The molecule has 0 aromatic carbocycles. The Morgan fingerprint density at radius 1 is 1.33 bits per heavy atom. The topological polar surface area (TPSA) is 30.7 Å². The quantitative estimate of drug-likeness (QED) is 0.472. The van der Waals surface area contributed by atoms with Gasteiger partial charge in [0.1, 0.15) is 11.3 Å². The first-order valence-corrected chi connectivity index (χ1v) is 8.86. The van der Waals surface area contributed by atoms with Crippen LogP contribution in [0.5, 0.6) is 0 Å². The largest absolute Gasteiger partial charge is 0.311 e. The summed E-state index contributed by atoms with van der Waals surface area (Å²) in [5.74, 6) is 1.32. The van der Waals surface area contributed by atoms with Crippen LogP contribution in [0.1, 0.15) is 52.3 Å². The molecule has 0 unspecified atom stereocenters. The number of alkyl halides is 1. The summed E-state index contributed by atoms with van der Waals surface area (Å²) in [6, 6.07) is 2.00. The third kappa shape index (κ3) is 4.19. The Hall–Kier alpha value is -0.610. The average Bonchev–Trinajstić information content (AvgIpc) is 2.75. The number of pyridine rings is 1. The van der Waals surface area contributed by atoms with Crippen molar-refractivity contribution in [2.75, 3.05) is 0 Å². The zero-order valence-corrected chi connectivity index (χ0v) is 15.3. The Bertz CT molecular complexity index is 607. The molecule has 0 aliphatic rings. The zero-order chi connectivity index (χ0) is 15.5. The van der Waals surface area contributed by atoms with Gasteiger partial charge in [-0.1, -0.05) is 40.0 Å². The molecule has 0 bridgehead atoms. The van der Waals surface area contributed by atoms with Gasteiger partial charge in [0.05, 0.1) is 5.88 Å². The second-order valence-electron chi connectivity index (χ2n) is 6.37. The highest BCUT2D eigenvalue weighted by Gasteiger charge is 2.22. The van der Waals surface area contributed by atoms with E-state index in [1.165, 1.54) is 25.7 Å². The minimum absolute atomic E-state index is 0.221. The van der Waals surface area contributed by atoms with Crippen molar-refractivity contribution in [3.8, 4) is 0 Å². The molecule has 116 valence electrons. The lowest BCUT2D eigenvalue weighted by Crippen LogP contribution is -2.21. The molecule has 2 aromatic heterocycles. The lowest BCUT2D eigenvalue weighted by atomic mass is 9.86. The number of fused-ring (bicyclic) bond motifs is 1. The van der Waals surface area contributed by atoms with E-state index in [4.69, 9.17) is 11.6 Å². The Morgan fingerprint density at radius 3 is 2.76 bits per heavy atom. The van der Waals surface area contributed by atoms with Gasteiger partial charge in [-0.15, -0.1) is 11.6 Å². The first kappa shape index (κ1) is 16.8. The van der Waals surface area contributed by atoms with Gasteiger partial charge in [-0.25, -0.2) is 9.97 Å². The number of hydrogen-bond donors (Lipinski definition) is 0. The van der Waals surface area contributed by atoms with Gasteiger partial charge in [0, 0.05) is 17.2 Å². The summed E-state index contributed by atoms with van der Waals surface area (Å²) in [5.41, 5.74) is 2.06. The maximum absolute atomic E-state index is 6.08. The second kappa shape index (κ2) is 7.10. The van der Waals surface area contributed by atoms with Crippen LogP contribution in [0, 0.1) is 5.41 Å². The highest BCUT2D eigenvalue weighted by molar-refractivity contribution is 9.10. The van der Waals surface area contributed by atoms with Gasteiger partial charge in [-0.2, -0.15) is 0 Å². The Labute approximate surface area is 140 Å². The lowest BCUT2D eigenvalue weighted by Gasteiger charge is -2.26. The van der Waals surface area contributed by atoms with Crippen LogP contribution in [0.2, 0.25) is 0 Å². The Morgan fingerprint density at radius 2 is 2.10 bits per heavy atom. The van der Waals surface area contributed by atoms with Crippen molar-refractivity contribution in [3.63, 3.8) is 0 Å². The van der Waals surface area contributed by atoms with E-state index in [0.717, 1.165) is 28.0 Å². The molecule has 5 heteroatoms. The van der Waals surface area contributed by atoms with Crippen LogP contribution in [-0.2, 0) is 12.4 Å². The molecule has 3 nitrogen and oxygen atoms in total. The normalized spacial score (nSPS) is 12.2. The smallest absolute Gasteiger partial charge is 0.160 e. The molecule has 21 heavy (non-hydrogen) atoms. The summed E-state index contributed by atoms with van der Waals surface area (Å²) < 4.78 is 3.13. The molecule has 2 heterocycles. The van der Waals surface area contributed by atoms with Crippen molar-refractivity contribution in [1.82, 2.24) is 14.5 Å².